The Bertz CT molecular complexity index is 905. The smallest absolute Gasteiger partial charge is 0.144 e. The Hall–Kier alpha value is -0.522. The van der Waals surface area contributed by atoms with E-state index in [1.165, 1.54) is 51.9 Å². The second-order valence-corrected chi connectivity index (χ2v) is 12.0. The van der Waals surface area contributed by atoms with Gasteiger partial charge in [-0.25, -0.2) is 0 Å². The van der Waals surface area contributed by atoms with Crippen LogP contribution in [0.1, 0.15) is 27.7 Å². The van der Waals surface area contributed by atoms with Crippen LogP contribution in [0.3, 0.4) is 0 Å². The summed E-state index contributed by atoms with van der Waals surface area (Å²) in [5.74, 6) is 0. The van der Waals surface area contributed by atoms with E-state index in [2.05, 4.69) is 149 Å². The van der Waals surface area contributed by atoms with Crippen molar-refractivity contribution in [3.63, 3.8) is 0 Å². The van der Waals surface area contributed by atoms with Crippen LogP contribution in [0.15, 0.2) is 121 Å². The first-order chi connectivity index (χ1) is 16.7. The molecule has 0 bridgehead atoms. The molecule has 0 saturated carbocycles. The van der Waals surface area contributed by atoms with Gasteiger partial charge in [-0.3, -0.25) is 0 Å². The van der Waals surface area contributed by atoms with E-state index in [-0.39, 0.29) is 65.4 Å². The van der Waals surface area contributed by atoms with Crippen molar-refractivity contribution >= 4 is 28.5 Å². The van der Waals surface area contributed by atoms with Crippen LogP contribution in [-0.4, -0.2) is 30.7 Å². The van der Waals surface area contributed by atoms with Crippen LogP contribution < -0.4 is 21.2 Å². The summed E-state index contributed by atoms with van der Waals surface area (Å²) in [6.07, 6.45) is 0. The van der Waals surface area contributed by atoms with E-state index in [9.17, 15) is 0 Å². The van der Waals surface area contributed by atoms with E-state index in [0.29, 0.717) is 0 Å². The number of rotatable bonds is 8. The summed E-state index contributed by atoms with van der Waals surface area (Å²) >= 11 is 0. The van der Waals surface area contributed by atoms with E-state index in [4.69, 9.17) is 0 Å². The van der Waals surface area contributed by atoms with Gasteiger partial charge in [0, 0.05) is 65.4 Å². The molecule has 4 rings (SSSR count). The quantitative estimate of drug-likeness (QED) is 0.158. The van der Waals surface area contributed by atoms with Gasteiger partial charge in [-0.15, -0.1) is 0 Å². The number of hydrogen-bond donors (Lipinski definition) is 0. The molecule has 0 aliphatic heterocycles. The summed E-state index contributed by atoms with van der Waals surface area (Å²) in [5.41, 5.74) is 0. The van der Waals surface area contributed by atoms with Gasteiger partial charge in [-0.1, -0.05) is 72.8 Å². The molecule has 0 atom stereocenters. The zero-order chi connectivity index (χ0) is 24.3. The zero-order valence-electron chi connectivity index (χ0n) is 22.4. The van der Waals surface area contributed by atoms with Gasteiger partial charge in [-0.2, -0.15) is 0 Å². The predicted octanol–water partition coefficient (Wildman–Crippen LogP) is 6.18. The summed E-state index contributed by atoms with van der Waals surface area (Å²) < 4.78 is 1.28. The maximum Gasteiger partial charge on any atom is 0.144 e. The van der Waals surface area contributed by atoms with Crippen molar-refractivity contribution in [3.8, 4) is 0 Å². The molecule has 4 aromatic carbocycles. The molecule has 4 aromatic rings. The third kappa shape index (κ3) is 7.76. The molecule has 0 heterocycles. The molecule has 36 heavy (non-hydrogen) atoms. The van der Waals surface area contributed by atoms with E-state index >= 15 is 0 Å². The van der Waals surface area contributed by atoms with Gasteiger partial charge >= 0.3 is 0 Å². The van der Waals surface area contributed by atoms with E-state index < -0.39 is 7.26 Å². The van der Waals surface area contributed by atoms with Crippen molar-refractivity contribution in [1.82, 2.24) is 0 Å². The summed E-state index contributed by atoms with van der Waals surface area (Å²) in [7, 11) is -1.91. The normalized spacial score (nSPS) is 10.8. The molecule has 0 unspecified atom stereocenters. The zero-order valence-corrected chi connectivity index (χ0v) is 29.0. The Labute approximate surface area is 270 Å². The van der Waals surface area contributed by atoms with E-state index in [1.54, 1.807) is 0 Å². The molecule has 2 radical (unpaired) electrons. The van der Waals surface area contributed by atoms with Crippen LogP contribution >= 0.6 is 7.26 Å². The fourth-order valence-corrected chi connectivity index (χ4v) is 9.11. The van der Waals surface area contributed by atoms with E-state index in [0.717, 1.165) is 0 Å². The molecule has 4 heteroatoms. The number of benzene rings is 4. The number of quaternary nitrogens is 1. The van der Waals surface area contributed by atoms with Crippen LogP contribution in [0, 0.1) is 0 Å². The maximum absolute atomic E-state index is 2.28. The molecular formula is C32H40NPY2+2. The van der Waals surface area contributed by atoms with Gasteiger partial charge in [-0.05, 0) is 76.2 Å². The molecule has 182 valence electrons. The first-order valence-corrected chi connectivity index (χ1v) is 14.4. The van der Waals surface area contributed by atoms with Gasteiger partial charge in [0.25, 0.3) is 0 Å². The predicted molar refractivity (Wildman–Crippen MR) is 154 cm³/mol. The third-order valence-corrected chi connectivity index (χ3v) is 11.5. The van der Waals surface area contributed by atoms with Gasteiger partial charge in [0.15, 0.2) is 0 Å². The largest absolute Gasteiger partial charge is 0.325 e. The van der Waals surface area contributed by atoms with Gasteiger partial charge in [0.1, 0.15) is 28.5 Å². The minimum Gasteiger partial charge on any atom is -0.325 e. The Morgan fingerprint density at radius 3 is 0.722 bits per heavy atom. The molecule has 0 aromatic heterocycles. The fraction of sp³-hybridized carbons (Fsp3) is 0.250. The first kappa shape index (κ1) is 33.5. The fourth-order valence-electron chi connectivity index (χ4n) is 4.84. The second-order valence-electron chi connectivity index (χ2n) is 8.62. The second kappa shape index (κ2) is 17.1. The van der Waals surface area contributed by atoms with Gasteiger partial charge < -0.3 is 4.48 Å². The topological polar surface area (TPSA) is 0 Å². The Kier molecular flexibility index (Phi) is 16.0. The molecule has 0 saturated heterocycles. The van der Waals surface area contributed by atoms with Crippen molar-refractivity contribution in [1.29, 1.82) is 0 Å². The summed E-state index contributed by atoms with van der Waals surface area (Å²) in [5, 5.41) is 5.55. The molecule has 0 N–H and O–H groups in total. The van der Waals surface area contributed by atoms with E-state index in [1.807, 2.05) is 0 Å². The van der Waals surface area contributed by atoms with Crippen molar-refractivity contribution < 1.29 is 69.9 Å². The van der Waals surface area contributed by atoms with Gasteiger partial charge in [0.2, 0.25) is 0 Å². The SMILES string of the molecule is CC[N+](CC)(CC)CC.[Y].[Y].c1ccc([P+](c2ccccc2)(c2ccccc2)c2ccccc2)cc1. The molecule has 0 spiro atoms. The van der Waals surface area contributed by atoms with Crippen LogP contribution in [0.5, 0.6) is 0 Å². The number of hydrogen-bond acceptors (Lipinski definition) is 0. The number of nitrogens with zero attached hydrogens (tertiary/aromatic N) is 1. The monoisotopic (exact) mass is 647 g/mol. The van der Waals surface area contributed by atoms with Crippen LogP contribution in [0.25, 0.3) is 0 Å². The molecule has 0 amide bonds. The minimum absolute atomic E-state index is 0. The molecule has 0 aliphatic rings. The maximum atomic E-state index is 2.28. The van der Waals surface area contributed by atoms with Crippen molar-refractivity contribution in [2.75, 3.05) is 26.2 Å². The summed E-state index contributed by atoms with van der Waals surface area (Å²) in [6, 6.07) is 43.8. The van der Waals surface area contributed by atoms with Crippen LogP contribution in [-0.2, 0) is 65.4 Å². The Morgan fingerprint density at radius 1 is 0.389 bits per heavy atom. The summed E-state index contributed by atoms with van der Waals surface area (Å²) in [4.78, 5) is 0. The Balaban J connectivity index is 0.000000512. The van der Waals surface area contributed by atoms with Gasteiger partial charge in [0.05, 0.1) is 26.2 Å². The average Bonchev–Trinajstić information content (AvgIpc) is 2.94. The molecular weight excluding hydrogens is 607 g/mol. The standard InChI is InChI=1S/C24H20P.C8H20N.2Y/c1-5-13-21(14-6-1)25(22-15-7-2-8-16-22,23-17-9-3-10-18-23)24-19-11-4-12-20-24;1-5-9(6-2,7-3)8-4;;/h1-20H;5-8H2,1-4H3;;/q2*+1;;. The minimum atomic E-state index is -1.91. The molecule has 0 aliphatic carbocycles. The molecule has 1 nitrogen and oxygen atoms in total. The van der Waals surface area contributed by atoms with Crippen LogP contribution in [0.2, 0.25) is 0 Å². The van der Waals surface area contributed by atoms with Crippen molar-refractivity contribution in [2.24, 2.45) is 0 Å². The first-order valence-electron chi connectivity index (χ1n) is 12.6. The van der Waals surface area contributed by atoms with Crippen LogP contribution in [0.4, 0.5) is 0 Å². The summed E-state index contributed by atoms with van der Waals surface area (Å²) in [6.45, 7) is 14.2. The van der Waals surface area contributed by atoms with Crippen molar-refractivity contribution in [3.05, 3.63) is 121 Å². The molecule has 0 fully saturated rings. The third-order valence-electron chi connectivity index (χ3n) is 7.26. The Morgan fingerprint density at radius 2 is 0.583 bits per heavy atom. The average molecular weight is 647 g/mol. The van der Waals surface area contributed by atoms with Crippen molar-refractivity contribution in [2.45, 2.75) is 27.7 Å².